The molecule has 1 aliphatic heterocycles. The second-order valence-corrected chi connectivity index (χ2v) is 3.66. The summed E-state index contributed by atoms with van der Waals surface area (Å²) in [4.78, 5) is 8.21. The predicted molar refractivity (Wildman–Crippen MR) is 54.2 cm³/mol. The Morgan fingerprint density at radius 2 is 2.36 bits per heavy atom. The van der Waals surface area contributed by atoms with Crippen LogP contribution in [0.15, 0.2) is 12.4 Å². The molecule has 0 radical (unpaired) electrons. The summed E-state index contributed by atoms with van der Waals surface area (Å²) in [5.41, 5.74) is 0.981. The van der Waals surface area contributed by atoms with Crippen LogP contribution in [0.5, 0.6) is 0 Å². The molecule has 2 rings (SSSR count). The lowest BCUT2D eigenvalue weighted by Crippen LogP contribution is -2.27. The number of hydrogen-bond acceptors (Lipinski definition) is 4. The zero-order valence-corrected chi connectivity index (χ0v) is 8.53. The highest BCUT2D eigenvalue weighted by Gasteiger charge is 2.23. The molecule has 1 aromatic heterocycles. The van der Waals surface area contributed by atoms with E-state index in [1.165, 1.54) is 0 Å². The zero-order valence-electron chi connectivity index (χ0n) is 8.53. The maximum Gasteiger partial charge on any atom is 0.129 e. The fraction of sp³-hybridized carbons (Fsp3) is 0.600. The molecule has 0 spiro atoms. The van der Waals surface area contributed by atoms with Crippen LogP contribution in [-0.4, -0.2) is 28.7 Å². The minimum absolute atomic E-state index is 0.269. The van der Waals surface area contributed by atoms with Crippen molar-refractivity contribution in [1.82, 2.24) is 9.97 Å². The minimum Gasteiger partial charge on any atom is -0.376 e. The standard InChI is InChI=1S/C10H15N3O/c1-7-5-10(12-6-11-7)13-9-3-4-14-8(9)2/h5-6,8-9H,3-4H2,1-2H3,(H,11,12,13). The van der Waals surface area contributed by atoms with Crippen molar-refractivity contribution in [2.24, 2.45) is 0 Å². The third kappa shape index (κ3) is 2.01. The molecular weight excluding hydrogens is 178 g/mol. The van der Waals surface area contributed by atoms with Crippen LogP contribution in [0.4, 0.5) is 5.82 Å². The summed E-state index contributed by atoms with van der Waals surface area (Å²) < 4.78 is 5.46. The van der Waals surface area contributed by atoms with Gasteiger partial charge in [0.15, 0.2) is 0 Å². The number of anilines is 1. The molecule has 2 unspecified atom stereocenters. The maximum absolute atomic E-state index is 5.46. The van der Waals surface area contributed by atoms with Crippen molar-refractivity contribution in [3.8, 4) is 0 Å². The quantitative estimate of drug-likeness (QED) is 0.770. The number of aryl methyl sites for hydroxylation is 1. The highest BCUT2D eigenvalue weighted by molar-refractivity contribution is 5.36. The van der Waals surface area contributed by atoms with Gasteiger partial charge in [-0.05, 0) is 20.3 Å². The van der Waals surface area contributed by atoms with Gasteiger partial charge in [-0.1, -0.05) is 0 Å². The summed E-state index contributed by atoms with van der Waals surface area (Å²) in [7, 11) is 0. The van der Waals surface area contributed by atoms with Crippen LogP contribution in [0.3, 0.4) is 0 Å². The molecule has 4 heteroatoms. The van der Waals surface area contributed by atoms with Gasteiger partial charge < -0.3 is 10.1 Å². The van der Waals surface area contributed by atoms with Crippen molar-refractivity contribution in [2.45, 2.75) is 32.4 Å². The van der Waals surface area contributed by atoms with Gasteiger partial charge in [-0.25, -0.2) is 9.97 Å². The molecule has 14 heavy (non-hydrogen) atoms. The number of ether oxygens (including phenoxy) is 1. The number of rotatable bonds is 2. The van der Waals surface area contributed by atoms with Gasteiger partial charge in [0.25, 0.3) is 0 Å². The lowest BCUT2D eigenvalue weighted by atomic mass is 10.1. The van der Waals surface area contributed by atoms with E-state index < -0.39 is 0 Å². The molecule has 0 amide bonds. The number of aromatic nitrogens is 2. The Labute approximate surface area is 83.7 Å². The summed E-state index contributed by atoms with van der Waals surface area (Å²) in [5, 5.41) is 3.36. The highest BCUT2D eigenvalue weighted by Crippen LogP contribution is 2.17. The summed E-state index contributed by atoms with van der Waals surface area (Å²) in [6.45, 7) is 4.88. The molecule has 1 fully saturated rings. The van der Waals surface area contributed by atoms with Crippen LogP contribution in [0, 0.1) is 6.92 Å². The Kier molecular flexibility index (Phi) is 2.63. The third-order valence-corrected chi connectivity index (χ3v) is 2.51. The summed E-state index contributed by atoms with van der Waals surface area (Å²) in [6.07, 6.45) is 2.90. The van der Waals surface area contributed by atoms with Gasteiger partial charge >= 0.3 is 0 Å². The molecule has 0 aliphatic carbocycles. The van der Waals surface area contributed by atoms with Gasteiger partial charge in [-0.3, -0.25) is 0 Å². The van der Waals surface area contributed by atoms with Crippen LogP contribution in [0.2, 0.25) is 0 Å². The van der Waals surface area contributed by atoms with E-state index >= 15 is 0 Å². The van der Waals surface area contributed by atoms with E-state index in [4.69, 9.17) is 4.74 Å². The predicted octanol–water partition coefficient (Wildman–Crippen LogP) is 1.37. The molecule has 0 bridgehead atoms. The van der Waals surface area contributed by atoms with E-state index in [2.05, 4.69) is 22.2 Å². The average Bonchev–Trinajstić information content (AvgIpc) is 2.52. The Balaban J connectivity index is 2.03. The summed E-state index contributed by atoms with van der Waals surface area (Å²) in [6, 6.07) is 2.33. The number of nitrogens with zero attached hydrogens (tertiary/aromatic N) is 2. The molecule has 1 aliphatic rings. The van der Waals surface area contributed by atoms with E-state index in [1.54, 1.807) is 6.33 Å². The lowest BCUT2D eigenvalue weighted by molar-refractivity contribution is 0.121. The minimum atomic E-state index is 0.269. The molecule has 76 valence electrons. The van der Waals surface area contributed by atoms with E-state index in [-0.39, 0.29) is 6.10 Å². The Morgan fingerprint density at radius 1 is 1.50 bits per heavy atom. The van der Waals surface area contributed by atoms with Crippen LogP contribution in [-0.2, 0) is 4.74 Å². The lowest BCUT2D eigenvalue weighted by Gasteiger charge is -2.16. The van der Waals surface area contributed by atoms with E-state index in [0.717, 1.165) is 24.5 Å². The fourth-order valence-corrected chi connectivity index (χ4v) is 1.64. The van der Waals surface area contributed by atoms with E-state index in [1.807, 2.05) is 13.0 Å². The molecular formula is C10H15N3O. The average molecular weight is 193 g/mol. The van der Waals surface area contributed by atoms with Gasteiger partial charge in [0.2, 0.25) is 0 Å². The second-order valence-electron chi connectivity index (χ2n) is 3.66. The number of hydrogen-bond donors (Lipinski definition) is 1. The van der Waals surface area contributed by atoms with Crippen molar-refractivity contribution in [3.05, 3.63) is 18.1 Å². The first-order valence-electron chi connectivity index (χ1n) is 4.92. The van der Waals surface area contributed by atoms with Crippen LogP contribution < -0.4 is 5.32 Å². The van der Waals surface area contributed by atoms with Crippen molar-refractivity contribution in [2.75, 3.05) is 11.9 Å². The van der Waals surface area contributed by atoms with E-state index in [0.29, 0.717) is 6.04 Å². The molecule has 1 N–H and O–H groups in total. The molecule has 1 saturated heterocycles. The van der Waals surface area contributed by atoms with Crippen molar-refractivity contribution < 1.29 is 4.74 Å². The molecule has 2 atom stereocenters. The van der Waals surface area contributed by atoms with Gasteiger partial charge in [0.05, 0.1) is 12.1 Å². The van der Waals surface area contributed by atoms with Crippen LogP contribution in [0.1, 0.15) is 19.0 Å². The van der Waals surface area contributed by atoms with Crippen molar-refractivity contribution >= 4 is 5.82 Å². The maximum atomic E-state index is 5.46. The third-order valence-electron chi connectivity index (χ3n) is 2.51. The van der Waals surface area contributed by atoms with E-state index in [9.17, 15) is 0 Å². The first-order chi connectivity index (χ1) is 6.75. The Hall–Kier alpha value is -1.16. The van der Waals surface area contributed by atoms with Gasteiger partial charge in [0, 0.05) is 18.4 Å². The first-order valence-corrected chi connectivity index (χ1v) is 4.92. The SMILES string of the molecule is Cc1cc(NC2CCOC2C)ncn1. The fourth-order valence-electron chi connectivity index (χ4n) is 1.64. The van der Waals surface area contributed by atoms with Crippen LogP contribution in [0.25, 0.3) is 0 Å². The normalized spacial score (nSPS) is 26.4. The Morgan fingerprint density at radius 3 is 3.00 bits per heavy atom. The van der Waals surface area contributed by atoms with Gasteiger partial charge in [-0.15, -0.1) is 0 Å². The molecule has 2 heterocycles. The molecule has 1 aromatic rings. The highest BCUT2D eigenvalue weighted by atomic mass is 16.5. The summed E-state index contributed by atoms with van der Waals surface area (Å²) in [5.74, 6) is 0.889. The second kappa shape index (κ2) is 3.92. The van der Waals surface area contributed by atoms with Gasteiger partial charge in [0.1, 0.15) is 12.1 Å². The summed E-state index contributed by atoms with van der Waals surface area (Å²) >= 11 is 0. The smallest absolute Gasteiger partial charge is 0.129 e. The largest absolute Gasteiger partial charge is 0.376 e. The molecule has 0 aromatic carbocycles. The molecule has 4 nitrogen and oxygen atoms in total. The van der Waals surface area contributed by atoms with Gasteiger partial charge in [-0.2, -0.15) is 0 Å². The molecule has 0 saturated carbocycles. The van der Waals surface area contributed by atoms with Crippen molar-refractivity contribution in [3.63, 3.8) is 0 Å². The Bertz CT molecular complexity index is 316. The topological polar surface area (TPSA) is 47.0 Å². The first kappa shape index (κ1) is 9.40. The van der Waals surface area contributed by atoms with Crippen LogP contribution >= 0.6 is 0 Å². The zero-order chi connectivity index (χ0) is 9.97. The van der Waals surface area contributed by atoms with Crippen molar-refractivity contribution in [1.29, 1.82) is 0 Å². The number of nitrogens with one attached hydrogen (secondary N) is 1. The monoisotopic (exact) mass is 193 g/mol.